The van der Waals surface area contributed by atoms with Crippen molar-refractivity contribution in [3.8, 4) is 6.07 Å². The number of ketones is 1. The topological polar surface area (TPSA) is 40.9 Å². The number of nitriles is 1. The molecule has 2 aromatic rings. The molecular formula is C17H11NOS. The molecule has 0 aromatic heterocycles. The predicted octanol–water partition coefficient (Wildman–Crippen LogP) is 3.93. The van der Waals surface area contributed by atoms with Gasteiger partial charge in [0.2, 0.25) is 0 Å². The fraction of sp³-hybridized carbons (Fsp3) is 0.0588. The molecule has 1 aliphatic rings. The van der Waals surface area contributed by atoms with Gasteiger partial charge in [-0.25, -0.2) is 0 Å². The largest absolute Gasteiger partial charge is 0.289 e. The molecule has 0 amide bonds. The molecule has 0 radical (unpaired) electrons. The quantitative estimate of drug-likeness (QED) is 0.741. The molecule has 0 unspecified atom stereocenters. The highest BCUT2D eigenvalue weighted by Gasteiger charge is 2.21. The van der Waals surface area contributed by atoms with Crippen molar-refractivity contribution in [3.05, 3.63) is 70.8 Å². The number of carbonyl (C=O) groups is 1. The van der Waals surface area contributed by atoms with Crippen molar-refractivity contribution < 1.29 is 4.79 Å². The van der Waals surface area contributed by atoms with E-state index >= 15 is 0 Å². The van der Waals surface area contributed by atoms with Crippen molar-refractivity contribution in [3.63, 3.8) is 0 Å². The zero-order valence-electron chi connectivity index (χ0n) is 10.7. The van der Waals surface area contributed by atoms with Gasteiger partial charge in [-0.2, -0.15) is 5.26 Å². The standard InChI is InChI=1S/C17H11NOS/c18-10-13-7-5-12(6-8-13)9-14-11-20-16-4-2-1-3-15(16)17(14)19/h1-9H,11H2. The second-order valence-electron chi connectivity index (χ2n) is 4.52. The van der Waals surface area contributed by atoms with Gasteiger partial charge in [-0.05, 0) is 35.9 Å². The highest BCUT2D eigenvalue weighted by molar-refractivity contribution is 7.99. The van der Waals surface area contributed by atoms with E-state index in [1.54, 1.807) is 23.9 Å². The number of rotatable bonds is 1. The molecule has 0 aliphatic carbocycles. The summed E-state index contributed by atoms with van der Waals surface area (Å²) in [5.74, 6) is 0.791. The Kier molecular flexibility index (Phi) is 3.41. The van der Waals surface area contributed by atoms with Crippen LogP contribution in [-0.2, 0) is 0 Å². The molecule has 0 spiro atoms. The fourth-order valence-corrected chi connectivity index (χ4v) is 3.15. The minimum atomic E-state index is 0.101. The smallest absolute Gasteiger partial charge is 0.191 e. The zero-order valence-corrected chi connectivity index (χ0v) is 11.5. The number of hydrogen-bond acceptors (Lipinski definition) is 3. The van der Waals surface area contributed by atoms with Crippen molar-refractivity contribution >= 4 is 23.6 Å². The zero-order chi connectivity index (χ0) is 13.9. The van der Waals surface area contributed by atoms with Gasteiger partial charge in [0.15, 0.2) is 5.78 Å². The van der Waals surface area contributed by atoms with Crippen LogP contribution >= 0.6 is 11.8 Å². The van der Waals surface area contributed by atoms with Crippen LogP contribution in [0.5, 0.6) is 0 Å². The molecule has 2 aromatic carbocycles. The van der Waals surface area contributed by atoms with Gasteiger partial charge >= 0.3 is 0 Å². The van der Waals surface area contributed by atoms with Gasteiger partial charge in [-0.3, -0.25) is 4.79 Å². The van der Waals surface area contributed by atoms with Crippen molar-refractivity contribution in [2.45, 2.75) is 4.90 Å². The Morgan fingerprint density at radius 2 is 1.85 bits per heavy atom. The lowest BCUT2D eigenvalue weighted by Gasteiger charge is -2.16. The summed E-state index contributed by atoms with van der Waals surface area (Å²) in [7, 11) is 0. The van der Waals surface area contributed by atoms with E-state index in [1.165, 1.54) is 0 Å². The van der Waals surface area contributed by atoms with Crippen LogP contribution in [-0.4, -0.2) is 11.5 Å². The highest BCUT2D eigenvalue weighted by atomic mass is 32.2. The first-order valence-corrected chi connectivity index (χ1v) is 7.24. The Labute approximate surface area is 121 Å². The third-order valence-electron chi connectivity index (χ3n) is 3.19. The molecule has 1 heterocycles. The van der Waals surface area contributed by atoms with Crippen molar-refractivity contribution in [1.29, 1.82) is 5.26 Å². The van der Waals surface area contributed by atoms with E-state index in [4.69, 9.17) is 5.26 Å². The van der Waals surface area contributed by atoms with E-state index in [2.05, 4.69) is 6.07 Å². The summed E-state index contributed by atoms with van der Waals surface area (Å²) in [4.78, 5) is 13.5. The Hall–Kier alpha value is -2.31. The van der Waals surface area contributed by atoms with Crippen LogP contribution in [0, 0.1) is 11.3 Å². The van der Waals surface area contributed by atoms with E-state index in [-0.39, 0.29) is 5.78 Å². The lowest BCUT2D eigenvalue weighted by Crippen LogP contribution is -2.11. The van der Waals surface area contributed by atoms with Gasteiger partial charge in [0.1, 0.15) is 0 Å². The summed E-state index contributed by atoms with van der Waals surface area (Å²) in [6.45, 7) is 0. The second kappa shape index (κ2) is 5.36. The molecule has 0 N–H and O–H groups in total. The molecule has 3 heteroatoms. The molecule has 0 atom stereocenters. The molecule has 0 saturated carbocycles. The SMILES string of the molecule is N#Cc1ccc(C=C2CSc3ccccc3C2=O)cc1. The number of hydrogen-bond donors (Lipinski definition) is 0. The van der Waals surface area contributed by atoms with Crippen LogP contribution in [0.2, 0.25) is 0 Å². The van der Waals surface area contributed by atoms with Gasteiger partial charge in [0, 0.05) is 21.8 Å². The highest BCUT2D eigenvalue weighted by Crippen LogP contribution is 2.33. The van der Waals surface area contributed by atoms with Crippen molar-refractivity contribution in [2.24, 2.45) is 0 Å². The molecule has 2 nitrogen and oxygen atoms in total. The Balaban J connectivity index is 1.94. The average molecular weight is 277 g/mol. The van der Waals surface area contributed by atoms with E-state index in [0.717, 1.165) is 21.6 Å². The fourth-order valence-electron chi connectivity index (χ4n) is 2.14. The maximum absolute atomic E-state index is 12.4. The maximum atomic E-state index is 12.4. The number of Topliss-reactive ketones (excluding diaryl/α,β-unsaturated/α-hetero) is 1. The third kappa shape index (κ3) is 2.38. The Bertz CT molecular complexity index is 738. The second-order valence-corrected chi connectivity index (χ2v) is 5.53. The summed E-state index contributed by atoms with van der Waals surface area (Å²) in [5.41, 5.74) is 3.16. The van der Waals surface area contributed by atoms with E-state index in [9.17, 15) is 4.79 Å². The lowest BCUT2D eigenvalue weighted by atomic mass is 10.0. The van der Waals surface area contributed by atoms with Crippen LogP contribution in [0.1, 0.15) is 21.5 Å². The Morgan fingerprint density at radius 1 is 1.10 bits per heavy atom. The summed E-state index contributed by atoms with van der Waals surface area (Å²) in [6.07, 6.45) is 1.91. The van der Waals surface area contributed by atoms with Crippen molar-refractivity contribution in [2.75, 3.05) is 5.75 Å². The maximum Gasteiger partial charge on any atom is 0.191 e. The summed E-state index contributed by atoms with van der Waals surface area (Å²) >= 11 is 1.69. The van der Waals surface area contributed by atoms with Gasteiger partial charge < -0.3 is 0 Å². The summed E-state index contributed by atoms with van der Waals surface area (Å²) in [6, 6.07) is 17.0. The third-order valence-corrected chi connectivity index (χ3v) is 4.31. The van der Waals surface area contributed by atoms with Gasteiger partial charge in [0.05, 0.1) is 11.6 Å². The molecule has 0 fully saturated rings. The summed E-state index contributed by atoms with van der Waals surface area (Å²) < 4.78 is 0. The van der Waals surface area contributed by atoms with Gasteiger partial charge in [-0.1, -0.05) is 24.3 Å². The number of nitrogens with zero attached hydrogens (tertiary/aromatic N) is 1. The van der Waals surface area contributed by atoms with Crippen LogP contribution in [0.25, 0.3) is 6.08 Å². The first kappa shape index (κ1) is 12.7. The first-order chi connectivity index (χ1) is 9.78. The molecule has 20 heavy (non-hydrogen) atoms. The van der Waals surface area contributed by atoms with Crippen LogP contribution in [0.4, 0.5) is 0 Å². The number of benzene rings is 2. The van der Waals surface area contributed by atoms with E-state index in [0.29, 0.717) is 11.3 Å². The molecule has 1 aliphatic heterocycles. The molecular weight excluding hydrogens is 266 g/mol. The normalized spacial score (nSPS) is 15.8. The lowest BCUT2D eigenvalue weighted by molar-refractivity contribution is 0.103. The van der Waals surface area contributed by atoms with Crippen molar-refractivity contribution in [1.82, 2.24) is 0 Å². The number of carbonyl (C=O) groups excluding carboxylic acids is 1. The molecule has 0 saturated heterocycles. The first-order valence-electron chi connectivity index (χ1n) is 6.25. The summed E-state index contributed by atoms with van der Waals surface area (Å²) in [5, 5.41) is 8.78. The number of thioether (sulfide) groups is 1. The minimum absolute atomic E-state index is 0.101. The molecule has 0 bridgehead atoms. The number of fused-ring (bicyclic) bond motifs is 1. The van der Waals surface area contributed by atoms with E-state index in [1.807, 2.05) is 42.5 Å². The van der Waals surface area contributed by atoms with Crippen LogP contribution in [0.3, 0.4) is 0 Å². The monoisotopic (exact) mass is 277 g/mol. The van der Waals surface area contributed by atoms with Crippen LogP contribution in [0.15, 0.2) is 59.0 Å². The molecule has 3 rings (SSSR count). The molecule has 96 valence electrons. The Morgan fingerprint density at radius 3 is 2.60 bits per heavy atom. The average Bonchev–Trinajstić information content (AvgIpc) is 2.51. The van der Waals surface area contributed by atoms with Gasteiger partial charge in [-0.15, -0.1) is 11.8 Å². The minimum Gasteiger partial charge on any atom is -0.289 e. The predicted molar refractivity (Wildman–Crippen MR) is 80.6 cm³/mol. The van der Waals surface area contributed by atoms with Gasteiger partial charge in [0.25, 0.3) is 0 Å². The van der Waals surface area contributed by atoms with Crippen LogP contribution < -0.4 is 0 Å². The van der Waals surface area contributed by atoms with E-state index < -0.39 is 0 Å².